The third kappa shape index (κ3) is 7.09. The van der Waals surface area contributed by atoms with Crippen LogP contribution in [0.5, 0.6) is 5.75 Å². The highest BCUT2D eigenvalue weighted by Gasteiger charge is 2.28. The maximum atomic E-state index is 13.1. The number of benzene rings is 2. The summed E-state index contributed by atoms with van der Waals surface area (Å²) in [6.45, 7) is 4.15. The van der Waals surface area contributed by atoms with E-state index in [1.165, 1.54) is 6.42 Å². The molecule has 0 saturated heterocycles. The number of carbonyl (C=O) groups is 2. The summed E-state index contributed by atoms with van der Waals surface area (Å²) >= 11 is 3.48. The molecule has 1 atom stereocenters. The molecule has 32 heavy (non-hydrogen) atoms. The van der Waals surface area contributed by atoms with Crippen molar-refractivity contribution in [1.82, 2.24) is 10.2 Å². The fourth-order valence-electron chi connectivity index (χ4n) is 4.07. The highest BCUT2D eigenvalue weighted by Crippen LogP contribution is 2.22. The van der Waals surface area contributed by atoms with E-state index in [0.29, 0.717) is 18.7 Å². The number of rotatable bonds is 9. The molecule has 172 valence electrons. The van der Waals surface area contributed by atoms with Crippen molar-refractivity contribution in [1.29, 1.82) is 0 Å². The molecule has 6 heteroatoms. The molecule has 0 unspecified atom stereocenters. The van der Waals surface area contributed by atoms with Crippen LogP contribution >= 0.6 is 15.9 Å². The number of nitrogens with one attached hydrogen (secondary N) is 1. The first kappa shape index (κ1) is 24.3. The van der Waals surface area contributed by atoms with Gasteiger partial charge in [-0.05, 0) is 62.4 Å². The van der Waals surface area contributed by atoms with Gasteiger partial charge in [0.05, 0.1) is 0 Å². The first-order chi connectivity index (χ1) is 15.4. The molecule has 0 aliphatic heterocycles. The lowest BCUT2D eigenvalue weighted by molar-refractivity contribution is -0.141. The Kier molecular flexibility index (Phi) is 9.15. The lowest BCUT2D eigenvalue weighted by Gasteiger charge is -2.31. The van der Waals surface area contributed by atoms with E-state index in [0.717, 1.165) is 41.3 Å². The second kappa shape index (κ2) is 12.0. The number of aryl methyl sites for hydroxylation is 1. The average Bonchev–Trinajstić information content (AvgIpc) is 2.81. The van der Waals surface area contributed by atoms with Crippen LogP contribution in [-0.4, -0.2) is 41.9 Å². The molecule has 1 saturated carbocycles. The van der Waals surface area contributed by atoms with Crippen molar-refractivity contribution in [2.45, 2.75) is 64.5 Å². The Bertz CT molecular complexity index is 897. The number of carbonyl (C=O) groups excluding carboxylic acids is 2. The molecule has 0 bridgehead atoms. The first-order valence-corrected chi connectivity index (χ1v) is 12.3. The first-order valence-electron chi connectivity index (χ1n) is 11.5. The van der Waals surface area contributed by atoms with Crippen LogP contribution in [0.4, 0.5) is 0 Å². The highest BCUT2D eigenvalue weighted by atomic mass is 79.9. The van der Waals surface area contributed by atoms with Gasteiger partial charge in [-0.2, -0.15) is 0 Å². The van der Waals surface area contributed by atoms with Gasteiger partial charge in [-0.15, -0.1) is 0 Å². The van der Waals surface area contributed by atoms with E-state index in [-0.39, 0.29) is 24.5 Å². The zero-order valence-electron chi connectivity index (χ0n) is 19.0. The van der Waals surface area contributed by atoms with Gasteiger partial charge in [-0.1, -0.05) is 65.5 Å². The summed E-state index contributed by atoms with van der Waals surface area (Å²) in [7, 11) is 0. The van der Waals surface area contributed by atoms with Crippen LogP contribution in [0.25, 0.3) is 0 Å². The van der Waals surface area contributed by atoms with Crippen LogP contribution in [0.15, 0.2) is 53.0 Å². The summed E-state index contributed by atoms with van der Waals surface area (Å²) in [5.74, 6) is 0.368. The fourth-order valence-corrected chi connectivity index (χ4v) is 4.32. The summed E-state index contributed by atoms with van der Waals surface area (Å²) in [4.78, 5) is 27.8. The SMILES string of the molecule is Cc1cc(OCC(=O)N(CCc2ccccc2)[C@@H](C)C(=O)NC2CCCCC2)ccc1Br. The van der Waals surface area contributed by atoms with E-state index in [1.54, 1.807) is 4.90 Å². The van der Waals surface area contributed by atoms with E-state index >= 15 is 0 Å². The molecule has 0 aromatic heterocycles. The molecule has 2 amide bonds. The van der Waals surface area contributed by atoms with Crippen LogP contribution in [0.1, 0.15) is 50.2 Å². The molecule has 0 radical (unpaired) electrons. The number of hydrogen-bond acceptors (Lipinski definition) is 3. The molecule has 2 aromatic rings. The maximum Gasteiger partial charge on any atom is 0.261 e. The third-order valence-electron chi connectivity index (χ3n) is 6.09. The minimum atomic E-state index is -0.552. The summed E-state index contributed by atoms with van der Waals surface area (Å²) < 4.78 is 6.77. The zero-order valence-corrected chi connectivity index (χ0v) is 20.6. The molecule has 2 aromatic carbocycles. The van der Waals surface area contributed by atoms with Crippen molar-refractivity contribution in [2.24, 2.45) is 0 Å². The molecule has 0 heterocycles. The molecule has 5 nitrogen and oxygen atoms in total. The van der Waals surface area contributed by atoms with Crippen molar-refractivity contribution in [2.75, 3.05) is 13.2 Å². The number of ether oxygens (including phenoxy) is 1. The van der Waals surface area contributed by atoms with Crippen molar-refractivity contribution in [3.63, 3.8) is 0 Å². The van der Waals surface area contributed by atoms with Crippen molar-refractivity contribution in [3.8, 4) is 5.75 Å². The fraction of sp³-hybridized carbons (Fsp3) is 0.462. The summed E-state index contributed by atoms with van der Waals surface area (Å²) in [5, 5.41) is 3.16. The number of amides is 2. The van der Waals surface area contributed by atoms with E-state index in [4.69, 9.17) is 4.74 Å². The van der Waals surface area contributed by atoms with E-state index in [9.17, 15) is 9.59 Å². The predicted molar refractivity (Wildman–Crippen MR) is 131 cm³/mol. The number of halogens is 1. The Morgan fingerprint density at radius 3 is 2.53 bits per heavy atom. The largest absolute Gasteiger partial charge is 0.484 e. The highest BCUT2D eigenvalue weighted by molar-refractivity contribution is 9.10. The standard InChI is InChI=1S/C26H33BrN2O3/c1-19-17-23(13-14-24(19)27)32-18-25(30)29(16-15-21-9-5-3-6-10-21)20(2)26(31)28-22-11-7-4-8-12-22/h3,5-6,9-10,13-14,17,20,22H,4,7-8,11-12,15-16,18H2,1-2H3,(H,28,31)/t20-/m0/s1. The van der Waals surface area contributed by atoms with Crippen LogP contribution in [0.3, 0.4) is 0 Å². The van der Waals surface area contributed by atoms with Crippen LogP contribution in [0.2, 0.25) is 0 Å². The monoisotopic (exact) mass is 500 g/mol. The third-order valence-corrected chi connectivity index (χ3v) is 6.98. The second-order valence-electron chi connectivity index (χ2n) is 8.54. The van der Waals surface area contributed by atoms with Gasteiger partial charge in [0.15, 0.2) is 6.61 Å². The number of nitrogens with zero attached hydrogens (tertiary/aromatic N) is 1. The Balaban J connectivity index is 1.65. The molecule has 1 aliphatic carbocycles. The molecule has 3 rings (SSSR count). The Morgan fingerprint density at radius 2 is 1.84 bits per heavy atom. The summed E-state index contributed by atoms with van der Waals surface area (Å²) in [6.07, 6.45) is 6.25. The van der Waals surface area contributed by atoms with E-state index < -0.39 is 6.04 Å². The van der Waals surface area contributed by atoms with Crippen molar-refractivity contribution in [3.05, 3.63) is 64.1 Å². The van der Waals surface area contributed by atoms with Crippen LogP contribution in [0, 0.1) is 6.92 Å². The van der Waals surface area contributed by atoms with Crippen LogP contribution < -0.4 is 10.1 Å². The van der Waals surface area contributed by atoms with E-state index in [1.807, 2.05) is 62.4 Å². The van der Waals surface area contributed by atoms with Crippen molar-refractivity contribution < 1.29 is 14.3 Å². The van der Waals surface area contributed by atoms with Gasteiger partial charge < -0.3 is 15.0 Å². The molecule has 1 N–H and O–H groups in total. The molecular weight excluding hydrogens is 468 g/mol. The normalized spacial score (nSPS) is 15.1. The predicted octanol–water partition coefficient (Wildman–Crippen LogP) is 5.05. The number of hydrogen-bond donors (Lipinski definition) is 1. The lowest BCUT2D eigenvalue weighted by Crippen LogP contribution is -2.52. The second-order valence-corrected chi connectivity index (χ2v) is 9.40. The summed E-state index contributed by atoms with van der Waals surface area (Å²) in [5.41, 5.74) is 2.17. The van der Waals surface area contributed by atoms with Gasteiger partial charge in [0, 0.05) is 17.1 Å². The van der Waals surface area contributed by atoms with Gasteiger partial charge in [0.1, 0.15) is 11.8 Å². The minimum Gasteiger partial charge on any atom is -0.484 e. The smallest absolute Gasteiger partial charge is 0.261 e. The summed E-state index contributed by atoms with van der Waals surface area (Å²) in [6, 6.07) is 15.3. The minimum absolute atomic E-state index is 0.0854. The van der Waals surface area contributed by atoms with Crippen LogP contribution in [-0.2, 0) is 16.0 Å². The molecular formula is C26H33BrN2O3. The lowest BCUT2D eigenvalue weighted by atomic mass is 9.95. The van der Waals surface area contributed by atoms with Gasteiger partial charge in [-0.3, -0.25) is 9.59 Å². The average molecular weight is 501 g/mol. The molecule has 1 fully saturated rings. The maximum absolute atomic E-state index is 13.1. The zero-order chi connectivity index (χ0) is 22.9. The topological polar surface area (TPSA) is 58.6 Å². The van der Waals surface area contributed by atoms with Gasteiger partial charge in [-0.25, -0.2) is 0 Å². The Hall–Kier alpha value is -2.34. The van der Waals surface area contributed by atoms with Gasteiger partial charge in [0.25, 0.3) is 5.91 Å². The quantitative estimate of drug-likeness (QED) is 0.524. The van der Waals surface area contributed by atoms with Gasteiger partial charge in [0.2, 0.25) is 5.91 Å². The Labute approximate surface area is 199 Å². The van der Waals surface area contributed by atoms with Gasteiger partial charge >= 0.3 is 0 Å². The molecule has 0 spiro atoms. The molecule has 1 aliphatic rings. The van der Waals surface area contributed by atoms with E-state index in [2.05, 4.69) is 21.2 Å². The Morgan fingerprint density at radius 1 is 1.12 bits per heavy atom. The van der Waals surface area contributed by atoms with Crippen molar-refractivity contribution >= 4 is 27.7 Å².